The lowest BCUT2D eigenvalue weighted by Gasteiger charge is -2.22. The van der Waals surface area contributed by atoms with Gasteiger partial charge in [0.2, 0.25) is 0 Å². The summed E-state index contributed by atoms with van der Waals surface area (Å²) in [4.78, 5) is 8.00. The maximum atomic E-state index is 5.41. The van der Waals surface area contributed by atoms with Crippen LogP contribution >= 0.6 is 28.1 Å². The quantitative estimate of drug-likeness (QED) is 0.812. The molecule has 0 radical (unpaired) electrons. The molecule has 1 aromatic carbocycles. The maximum absolute atomic E-state index is 5.41. The smallest absolute Gasteiger partial charge is 0.144 e. The van der Waals surface area contributed by atoms with Gasteiger partial charge in [-0.25, -0.2) is 4.98 Å². The first kappa shape index (κ1) is 13.9. The number of benzene rings is 1. The Morgan fingerprint density at radius 2 is 1.90 bits per heavy atom. The van der Waals surface area contributed by atoms with Gasteiger partial charge in [0.1, 0.15) is 10.5 Å². The van der Waals surface area contributed by atoms with Crippen molar-refractivity contribution in [2.45, 2.75) is 18.8 Å². The summed E-state index contributed by atoms with van der Waals surface area (Å²) in [5.74, 6) is 1.38. The lowest BCUT2D eigenvalue weighted by Crippen LogP contribution is -2.16. The molecule has 2 aromatic rings. The number of aromatic amines is 1. The summed E-state index contributed by atoms with van der Waals surface area (Å²) < 4.78 is 6.88. The van der Waals surface area contributed by atoms with E-state index >= 15 is 0 Å². The van der Waals surface area contributed by atoms with Gasteiger partial charge in [0, 0.05) is 19.1 Å². The van der Waals surface area contributed by atoms with Crippen LogP contribution in [0.3, 0.4) is 0 Å². The van der Waals surface area contributed by atoms with Gasteiger partial charge in [0.15, 0.2) is 0 Å². The molecule has 3 rings (SSSR count). The van der Waals surface area contributed by atoms with E-state index in [1.165, 1.54) is 0 Å². The minimum Gasteiger partial charge on any atom is -0.381 e. The predicted octanol–water partition coefficient (Wildman–Crippen LogP) is 4.46. The first-order chi connectivity index (χ1) is 9.75. The molecule has 1 saturated heterocycles. The summed E-state index contributed by atoms with van der Waals surface area (Å²) in [5.41, 5.74) is 2.12. The Morgan fingerprint density at radius 3 is 2.60 bits per heavy atom. The van der Waals surface area contributed by atoms with E-state index in [1.807, 2.05) is 18.2 Å². The summed E-state index contributed by atoms with van der Waals surface area (Å²) in [6, 6.07) is 10.2. The van der Waals surface area contributed by atoms with E-state index in [4.69, 9.17) is 17.0 Å². The van der Waals surface area contributed by atoms with Gasteiger partial charge in [-0.05, 0) is 34.3 Å². The number of nitrogens with zero attached hydrogens (tertiary/aromatic N) is 1. The fourth-order valence-corrected chi connectivity index (χ4v) is 3.06. The predicted molar refractivity (Wildman–Crippen MR) is 85.4 cm³/mol. The van der Waals surface area contributed by atoms with Crippen molar-refractivity contribution in [2.75, 3.05) is 13.2 Å². The van der Waals surface area contributed by atoms with Crippen LogP contribution in [0.4, 0.5) is 0 Å². The molecule has 3 nitrogen and oxygen atoms in total. The van der Waals surface area contributed by atoms with Crippen LogP contribution in [0.15, 0.2) is 34.8 Å². The average molecular weight is 351 g/mol. The van der Waals surface area contributed by atoms with Crippen LogP contribution in [0.2, 0.25) is 0 Å². The lowest BCUT2D eigenvalue weighted by atomic mass is 9.99. The summed E-state index contributed by atoms with van der Waals surface area (Å²) in [7, 11) is 0. The second kappa shape index (κ2) is 6.16. The van der Waals surface area contributed by atoms with Crippen molar-refractivity contribution in [3.8, 4) is 11.3 Å². The molecule has 0 atom stereocenters. The zero-order valence-corrected chi connectivity index (χ0v) is 13.3. The van der Waals surface area contributed by atoms with Crippen molar-refractivity contribution in [3.63, 3.8) is 0 Å². The van der Waals surface area contributed by atoms with Gasteiger partial charge in [-0.3, -0.25) is 0 Å². The molecule has 1 N–H and O–H groups in total. The van der Waals surface area contributed by atoms with Crippen LogP contribution in [0.1, 0.15) is 24.6 Å². The zero-order valence-electron chi connectivity index (χ0n) is 10.9. The van der Waals surface area contributed by atoms with Gasteiger partial charge in [-0.1, -0.05) is 42.5 Å². The molecule has 2 heterocycles. The summed E-state index contributed by atoms with van der Waals surface area (Å²) in [6.45, 7) is 1.59. The maximum Gasteiger partial charge on any atom is 0.144 e. The topological polar surface area (TPSA) is 37.9 Å². The molecule has 0 unspecified atom stereocenters. The molecule has 1 aliphatic heterocycles. The van der Waals surface area contributed by atoms with E-state index in [2.05, 4.69) is 38.0 Å². The molecule has 0 amide bonds. The van der Waals surface area contributed by atoms with Crippen molar-refractivity contribution in [3.05, 3.63) is 45.3 Å². The fraction of sp³-hybridized carbons (Fsp3) is 0.333. The number of ether oxygens (including phenoxy) is 1. The Hall–Kier alpha value is -1.04. The van der Waals surface area contributed by atoms with Crippen molar-refractivity contribution in [1.82, 2.24) is 9.97 Å². The Balaban J connectivity index is 2.06. The number of hydrogen-bond acceptors (Lipinski definition) is 3. The van der Waals surface area contributed by atoms with Gasteiger partial charge in [-0.15, -0.1) is 0 Å². The molecule has 0 bridgehead atoms. The third-order valence-corrected chi connectivity index (χ3v) is 4.88. The molecule has 5 heteroatoms. The largest absolute Gasteiger partial charge is 0.381 e. The Morgan fingerprint density at radius 1 is 1.20 bits per heavy atom. The van der Waals surface area contributed by atoms with Crippen LogP contribution in [-0.2, 0) is 4.74 Å². The van der Waals surface area contributed by atoms with E-state index in [1.54, 1.807) is 0 Å². The van der Waals surface area contributed by atoms with Gasteiger partial charge in [-0.2, -0.15) is 0 Å². The average Bonchev–Trinajstić information content (AvgIpc) is 2.51. The van der Waals surface area contributed by atoms with E-state index < -0.39 is 0 Å². The molecule has 104 valence electrons. The Bertz CT molecular complexity index is 651. The summed E-state index contributed by atoms with van der Waals surface area (Å²) >= 11 is 8.94. The highest BCUT2D eigenvalue weighted by Gasteiger charge is 2.19. The van der Waals surface area contributed by atoms with Crippen LogP contribution in [0.25, 0.3) is 11.3 Å². The monoisotopic (exact) mass is 350 g/mol. The minimum atomic E-state index is 0.404. The Kier molecular flexibility index (Phi) is 4.29. The number of hydrogen-bond donors (Lipinski definition) is 1. The first-order valence-corrected chi connectivity index (χ1v) is 7.88. The minimum absolute atomic E-state index is 0.404. The second-order valence-electron chi connectivity index (χ2n) is 4.87. The van der Waals surface area contributed by atoms with E-state index in [-0.39, 0.29) is 0 Å². The highest BCUT2D eigenvalue weighted by molar-refractivity contribution is 9.10. The summed E-state index contributed by atoms with van der Waals surface area (Å²) in [6.07, 6.45) is 1.99. The molecular formula is C15H15BrN2OS. The van der Waals surface area contributed by atoms with Gasteiger partial charge in [0.25, 0.3) is 0 Å². The number of H-pyrrole nitrogens is 1. The van der Waals surface area contributed by atoms with E-state index in [0.29, 0.717) is 10.6 Å². The molecule has 20 heavy (non-hydrogen) atoms. The van der Waals surface area contributed by atoms with Crippen molar-refractivity contribution < 1.29 is 4.74 Å². The van der Waals surface area contributed by atoms with Crippen molar-refractivity contribution in [2.24, 2.45) is 0 Å². The second-order valence-corrected chi connectivity index (χ2v) is 6.05. The van der Waals surface area contributed by atoms with E-state index in [9.17, 15) is 0 Å². The third-order valence-electron chi connectivity index (χ3n) is 3.55. The molecule has 0 saturated carbocycles. The number of nitrogens with one attached hydrogen (secondary N) is 1. The standard InChI is InChI=1S/C15H15BrN2OS/c16-12-13(10-4-2-1-3-5-10)17-14(18-15(12)20)11-6-8-19-9-7-11/h1-5,11H,6-9H2,(H,17,18,20). The normalized spacial score (nSPS) is 16.2. The first-order valence-electron chi connectivity index (χ1n) is 6.68. The Labute approximate surface area is 131 Å². The summed E-state index contributed by atoms with van der Waals surface area (Å²) in [5, 5.41) is 0. The number of halogens is 1. The number of aromatic nitrogens is 2. The third kappa shape index (κ3) is 2.85. The molecular weight excluding hydrogens is 336 g/mol. The van der Waals surface area contributed by atoms with Gasteiger partial charge >= 0.3 is 0 Å². The fourth-order valence-electron chi connectivity index (χ4n) is 2.44. The molecule has 1 aromatic heterocycles. The zero-order chi connectivity index (χ0) is 13.9. The van der Waals surface area contributed by atoms with Gasteiger partial charge < -0.3 is 9.72 Å². The SMILES string of the molecule is S=c1nc(C2CCOCC2)[nH]c(-c2ccccc2)c1Br. The van der Waals surface area contributed by atoms with Crippen molar-refractivity contribution in [1.29, 1.82) is 0 Å². The van der Waals surface area contributed by atoms with Crippen LogP contribution in [0, 0.1) is 4.64 Å². The molecule has 0 spiro atoms. The lowest BCUT2D eigenvalue weighted by molar-refractivity contribution is 0.0836. The van der Waals surface area contributed by atoms with Crippen LogP contribution < -0.4 is 0 Å². The van der Waals surface area contributed by atoms with E-state index in [0.717, 1.165) is 47.6 Å². The molecule has 1 fully saturated rings. The van der Waals surface area contributed by atoms with Crippen LogP contribution in [0.5, 0.6) is 0 Å². The van der Waals surface area contributed by atoms with Crippen LogP contribution in [-0.4, -0.2) is 23.2 Å². The van der Waals surface area contributed by atoms with Gasteiger partial charge in [0.05, 0.1) is 10.2 Å². The van der Waals surface area contributed by atoms with Crippen molar-refractivity contribution >= 4 is 28.1 Å². The molecule has 0 aliphatic carbocycles. The highest BCUT2D eigenvalue weighted by Crippen LogP contribution is 2.30. The molecule has 1 aliphatic rings. The number of rotatable bonds is 2. The highest BCUT2D eigenvalue weighted by atomic mass is 79.9.